The monoisotopic (exact) mass is 186 g/mol. The predicted octanol–water partition coefficient (Wildman–Crippen LogP) is 1.15. The van der Waals surface area contributed by atoms with Gasteiger partial charge in [-0.15, -0.1) is 0 Å². The van der Waals surface area contributed by atoms with Crippen LogP contribution >= 0.6 is 0 Å². The van der Waals surface area contributed by atoms with E-state index in [1.165, 1.54) is 0 Å². The van der Waals surface area contributed by atoms with Crippen LogP contribution in [0.5, 0.6) is 0 Å². The molecule has 13 heavy (non-hydrogen) atoms. The van der Waals surface area contributed by atoms with Crippen LogP contribution in [-0.4, -0.2) is 25.5 Å². The van der Waals surface area contributed by atoms with E-state index < -0.39 is 0 Å². The average molecular weight is 186 g/mol. The standard InChI is InChI=1S/C10H22N2O/c1-4-6-11-7-9(3)8-12-10(13)5-2/h9,11H,4-8H2,1-3H3,(H,12,13). The summed E-state index contributed by atoms with van der Waals surface area (Å²) in [5, 5.41) is 6.21. The fourth-order valence-electron chi connectivity index (χ4n) is 1.01. The lowest BCUT2D eigenvalue weighted by molar-refractivity contribution is -0.120. The Hall–Kier alpha value is -0.570. The van der Waals surface area contributed by atoms with Crippen LogP contribution in [0.25, 0.3) is 0 Å². The molecule has 0 aliphatic carbocycles. The van der Waals surface area contributed by atoms with Gasteiger partial charge in [-0.25, -0.2) is 0 Å². The van der Waals surface area contributed by atoms with E-state index in [1.807, 2.05) is 6.92 Å². The van der Waals surface area contributed by atoms with Crippen LogP contribution in [0.2, 0.25) is 0 Å². The van der Waals surface area contributed by atoms with Gasteiger partial charge in [-0.3, -0.25) is 4.79 Å². The second-order valence-electron chi connectivity index (χ2n) is 3.47. The van der Waals surface area contributed by atoms with Crippen molar-refractivity contribution in [3.05, 3.63) is 0 Å². The minimum atomic E-state index is 0.141. The summed E-state index contributed by atoms with van der Waals surface area (Å²) in [6, 6.07) is 0. The Labute approximate surface area is 81.3 Å². The highest BCUT2D eigenvalue weighted by molar-refractivity contribution is 5.75. The quantitative estimate of drug-likeness (QED) is 0.586. The van der Waals surface area contributed by atoms with Crippen LogP contribution in [0, 0.1) is 5.92 Å². The van der Waals surface area contributed by atoms with Gasteiger partial charge in [0.15, 0.2) is 0 Å². The molecule has 0 aromatic carbocycles. The van der Waals surface area contributed by atoms with Gasteiger partial charge in [0.05, 0.1) is 0 Å². The topological polar surface area (TPSA) is 41.1 Å². The van der Waals surface area contributed by atoms with Crippen molar-refractivity contribution >= 4 is 5.91 Å². The molecular weight excluding hydrogens is 164 g/mol. The van der Waals surface area contributed by atoms with E-state index in [0.29, 0.717) is 12.3 Å². The molecular formula is C10H22N2O. The summed E-state index contributed by atoms with van der Waals surface area (Å²) < 4.78 is 0. The molecule has 0 rings (SSSR count). The Balaban J connectivity index is 3.29. The smallest absolute Gasteiger partial charge is 0.219 e. The van der Waals surface area contributed by atoms with Gasteiger partial charge in [0, 0.05) is 13.0 Å². The van der Waals surface area contributed by atoms with Crippen LogP contribution in [0.15, 0.2) is 0 Å². The molecule has 0 radical (unpaired) electrons. The molecule has 0 saturated carbocycles. The van der Waals surface area contributed by atoms with Crippen molar-refractivity contribution in [3.63, 3.8) is 0 Å². The summed E-state index contributed by atoms with van der Waals surface area (Å²) in [7, 11) is 0. The van der Waals surface area contributed by atoms with Crippen molar-refractivity contribution < 1.29 is 4.79 Å². The zero-order chi connectivity index (χ0) is 10.1. The zero-order valence-electron chi connectivity index (χ0n) is 9.02. The molecule has 0 aromatic heterocycles. The maximum atomic E-state index is 10.9. The SMILES string of the molecule is CCCNCC(C)CNC(=O)CC. The van der Waals surface area contributed by atoms with E-state index in [1.54, 1.807) is 0 Å². The summed E-state index contributed by atoms with van der Waals surface area (Å²) in [5.41, 5.74) is 0. The summed E-state index contributed by atoms with van der Waals surface area (Å²) in [4.78, 5) is 10.9. The molecule has 3 heteroatoms. The van der Waals surface area contributed by atoms with Gasteiger partial charge in [-0.1, -0.05) is 20.8 Å². The van der Waals surface area contributed by atoms with Gasteiger partial charge in [-0.2, -0.15) is 0 Å². The van der Waals surface area contributed by atoms with E-state index >= 15 is 0 Å². The van der Waals surface area contributed by atoms with Crippen molar-refractivity contribution in [1.29, 1.82) is 0 Å². The van der Waals surface area contributed by atoms with Crippen molar-refractivity contribution in [1.82, 2.24) is 10.6 Å². The Kier molecular flexibility index (Phi) is 7.69. The molecule has 2 N–H and O–H groups in total. The van der Waals surface area contributed by atoms with E-state index in [9.17, 15) is 4.79 Å². The lowest BCUT2D eigenvalue weighted by Gasteiger charge is -2.12. The van der Waals surface area contributed by atoms with E-state index in [-0.39, 0.29) is 5.91 Å². The van der Waals surface area contributed by atoms with Crippen LogP contribution in [0.3, 0.4) is 0 Å². The second-order valence-corrected chi connectivity index (χ2v) is 3.47. The summed E-state index contributed by atoms with van der Waals surface area (Å²) in [6.07, 6.45) is 1.74. The first-order valence-electron chi connectivity index (χ1n) is 5.18. The number of carbonyl (C=O) groups excluding carboxylic acids is 1. The second kappa shape index (κ2) is 8.05. The highest BCUT2D eigenvalue weighted by atomic mass is 16.1. The van der Waals surface area contributed by atoms with E-state index in [0.717, 1.165) is 26.1 Å². The van der Waals surface area contributed by atoms with Crippen molar-refractivity contribution in [2.75, 3.05) is 19.6 Å². The van der Waals surface area contributed by atoms with E-state index in [2.05, 4.69) is 24.5 Å². The van der Waals surface area contributed by atoms with Crippen LogP contribution < -0.4 is 10.6 Å². The summed E-state index contributed by atoms with van der Waals surface area (Å²) in [6.45, 7) is 8.98. The van der Waals surface area contributed by atoms with Crippen molar-refractivity contribution in [2.45, 2.75) is 33.6 Å². The Morgan fingerprint density at radius 3 is 2.54 bits per heavy atom. The van der Waals surface area contributed by atoms with Crippen LogP contribution in [0.1, 0.15) is 33.6 Å². The Morgan fingerprint density at radius 1 is 1.31 bits per heavy atom. The van der Waals surface area contributed by atoms with Gasteiger partial charge in [0.25, 0.3) is 0 Å². The molecule has 78 valence electrons. The lowest BCUT2D eigenvalue weighted by atomic mass is 10.2. The Bertz CT molecular complexity index is 137. The predicted molar refractivity (Wildman–Crippen MR) is 55.6 cm³/mol. The molecule has 0 aliphatic heterocycles. The number of carbonyl (C=O) groups is 1. The third kappa shape index (κ3) is 7.78. The maximum absolute atomic E-state index is 10.9. The lowest BCUT2D eigenvalue weighted by Crippen LogP contribution is -2.32. The molecule has 0 aromatic rings. The first-order valence-corrected chi connectivity index (χ1v) is 5.18. The highest BCUT2D eigenvalue weighted by Crippen LogP contribution is 1.90. The fourth-order valence-corrected chi connectivity index (χ4v) is 1.01. The zero-order valence-corrected chi connectivity index (χ0v) is 9.02. The average Bonchev–Trinajstić information content (AvgIpc) is 2.14. The van der Waals surface area contributed by atoms with Gasteiger partial charge < -0.3 is 10.6 Å². The number of hydrogen-bond acceptors (Lipinski definition) is 2. The van der Waals surface area contributed by atoms with Gasteiger partial charge >= 0.3 is 0 Å². The molecule has 1 unspecified atom stereocenters. The first-order chi connectivity index (χ1) is 6.20. The van der Waals surface area contributed by atoms with Gasteiger partial charge in [0.2, 0.25) is 5.91 Å². The van der Waals surface area contributed by atoms with E-state index in [4.69, 9.17) is 0 Å². The molecule has 0 aliphatic rings. The number of rotatable bonds is 7. The van der Waals surface area contributed by atoms with Crippen LogP contribution in [-0.2, 0) is 4.79 Å². The number of amides is 1. The molecule has 1 amide bonds. The molecule has 0 bridgehead atoms. The van der Waals surface area contributed by atoms with Gasteiger partial charge in [0.1, 0.15) is 0 Å². The van der Waals surface area contributed by atoms with Gasteiger partial charge in [-0.05, 0) is 25.4 Å². The highest BCUT2D eigenvalue weighted by Gasteiger charge is 2.02. The summed E-state index contributed by atoms with van der Waals surface area (Å²) in [5.74, 6) is 0.657. The number of hydrogen-bond donors (Lipinski definition) is 2. The van der Waals surface area contributed by atoms with Crippen molar-refractivity contribution in [2.24, 2.45) is 5.92 Å². The summed E-state index contributed by atoms with van der Waals surface area (Å²) >= 11 is 0. The number of nitrogens with one attached hydrogen (secondary N) is 2. The normalized spacial score (nSPS) is 12.5. The third-order valence-electron chi connectivity index (χ3n) is 1.89. The molecule has 0 saturated heterocycles. The molecule has 0 heterocycles. The minimum Gasteiger partial charge on any atom is -0.356 e. The first kappa shape index (κ1) is 12.4. The molecule has 1 atom stereocenters. The van der Waals surface area contributed by atoms with Crippen molar-refractivity contribution in [3.8, 4) is 0 Å². The minimum absolute atomic E-state index is 0.141. The molecule has 3 nitrogen and oxygen atoms in total. The molecule has 0 fully saturated rings. The molecule has 0 spiro atoms. The fraction of sp³-hybridized carbons (Fsp3) is 0.900. The third-order valence-corrected chi connectivity index (χ3v) is 1.89. The van der Waals surface area contributed by atoms with Crippen LogP contribution in [0.4, 0.5) is 0 Å². The maximum Gasteiger partial charge on any atom is 0.219 e. The largest absolute Gasteiger partial charge is 0.356 e. The Morgan fingerprint density at radius 2 is 2.00 bits per heavy atom.